The molecular weight excluding hydrogens is 252 g/mol. The van der Waals surface area contributed by atoms with Crippen molar-refractivity contribution in [1.82, 2.24) is 5.16 Å². The molecule has 0 saturated carbocycles. The van der Waals surface area contributed by atoms with Crippen molar-refractivity contribution in [1.29, 1.82) is 5.26 Å². The largest absolute Gasteiger partial charge is 0.494 e. The van der Waals surface area contributed by atoms with Gasteiger partial charge in [0.2, 0.25) is 0 Å². The lowest BCUT2D eigenvalue weighted by molar-refractivity contribution is 0.340. The second-order valence-corrected chi connectivity index (χ2v) is 4.69. The maximum atomic E-state index is 9.40. The average Bonchev–Trinajstić information content (AvgIpc) is 2.77. The Morgan fingerprint density at radius 3 is 2.50 bits per heavy atom. The normalized spacial score (nSPS) is 11.9. The van der Waals surface area contributed by atoms with Crippen molar-refractivity contribution in [3.05, 3.63) is 46.8 Å². The topological polar surface area (TPSA) is 59.0 Å². The Morgan fingerprint density at radius 2 is 2.00 bits per heavy atom. The molecule has 1 heterocycles. The molecule has 0 N–H and O–H groups in total. The summed E-state index contributed by atoms with van der Waals surface area (Å²) in [4.78, 5) is 0. The van der Waals surface area contributed by atoms with Crippen LogP contribution in [0.2, 0.25) is 0 Å². The number of hydrogen-bond acceptors (Lipinski definition) is 4. The summed E-state index contributed by atoms with van der Waals surface area (Å²) in [6.07, 6.45) is 0.617. The molecule has 4 nitrogen and oxygen atoms in total. The van der Waals surface area contributed by atoms with Crippen molar-refractivity contribution in [3.8, 4) is 11.8 Å². The van der Waals surface area contributed by atoms with Gasteiger partial charge < -0.3 is 9.26 Å². The van der Waals surface area contributed by atoms with Crippen molar-refractivity contribution in [3.63, 3.8) is 0 Å². The molecule has 0 bridgehead atoms. The van der Waals surface area contributed by atoms with E-state index in [4.69, 9.17) is 9.26 Å². The van der Waals surface area contributed by atoms with Gasteiger partial charge in [-0.25, -0.2) is 0 Å². The quantitative estimate of drug-likeness (QED) is 0.833. The third-order valence-electron chi connectivity index (χ3n) is 3.34. The highest BCUT2D eigenvalue weighted by atomic mass is 16.5. The van der Waals surface area contributed by atoms with Gasteiger partial charge in [-0.05, 0) is 44.9 Å². The van der Waals surface area contributed by atoms with Crippen LogP contribution in [0.4, 0.5) is 0 Å². The van der Waals surface area contributed by atoms with Crippen LogP contribution in [-0.2, 0) is 6.42 Å². The Bertz CT molecular complexity index is 589. The average molecular weight is 270 g/mol. The van der Waals surface area contributed by atoms with E-state index >= 15 is 0 Å². The molecule has 4 heteroatoms. The van der Waals surface area contributed by atoms with Crippen LogP contribution >= 0.6 is 0 Å². The smallest absolute Gasteiger partial charge is 0.137 e. The van der Waals surface area contributed by atoms with Crippen molar-refractivity contribution in [2.45, 2.75) is 33.1 Å². The second-order valence-electron chi connectivity index (χ2n) is 4.69. The molecule has 1 atom stereocenters. The maximum Gasteiger partial charge on any atom is 0.137 e. The number of aromatic nitrogens is 1. The Kier molecular flexibility index (Phi) is 4.41. The third-order valence-corrected chi connectivity index (χ3v) is 3.34. The van der Waals surface area contributed by atoms with Crippen molar-refractivity contribution < 1.29 is 9.26 Å². The number of benzene rings is 1. The minimum Gasteiger partial charge on any atom is -0.494 e. The van der Waals surface area contributed by atoms with Gasteiger partial charge in [-0.1, -0.05) is 17.3 Å². The summed E-state index contributed by atoms with van der Waals surface area (Å²) in [7, 11) is 0. The van der Waals surface area contributed by atoms with Crippen LogP contribution in [0, 0.1) is 25.2 Å². The molecule has 0 saturated heterocycles. The molecule has 2 aromatic rings. The summed E-state index contributed by atoms with van der Waals surface area (Å²) in [5.41, 5.74) is 2.86. The van der Waals surface area contributed by atoms with Gasteiger partial charge in [0, 0.05) is 5.56 Å². The molecule has 1 unspecified atom stereocenters. The molecule has 0 aliphatic heterocycles. The van der Waals surface area contributed by atoms with E-state index in [-0.39, 0.29) is 5.92 Å². The maximum absolute atomic E-state index is 9.40. The first-order chi connectivity index (χ1) is 9.65. The number of hydrogen-bond donors (Lipinski definition) is 0. The number of nitrogens with zero attached hydrogens (tertiary/aromatic N) is 2. The molecule has 0 radical (unpaired) electrons. The van der Waals surface area contributed by atoms with E-state index in [1.807, 2.05) is 45.0 Å². The molecule has 2 rings (SSSR count). The van der Waals surface area contributed by atoms with Gasteiger partial charge in [0.05, 0.1) is 24.3 Å². The Hall–Kier alpha value is -2.28. The lowest BCUT2D eigenvalue weighted by Gasteiger charge is -2.10. The molecule has 0 aliphatic rings. The van der Waals surface area contributed by atoms with E-state index in [9.17, 15) is 5.26 Å². The fourth-order valence-corrected chi connectivity index (χ4v) is 2.20. The van der Waals surface area contributed by atoms with Gasteiger partial charge in [0.25, 0.3) is 0 Å². The van der Waals surface area contributed by atoms with Crippen LogP contribution in [0.3, 0.4) is 0 Å². The molecule has 0 amide bonds. The lowest BCUT2D eigenvalue weighted by Crippen LogP contribution is -2.02. The molecule has 1 aromatic heterocycles. The fourth-order valence-electron chi connectivity index (χ4n) is 2.20. The molecule has 0 aliphatic carbocycles. The van der Waals surface area contributed by atoms with E-state index in [1.54, 1.807) is 0 Å². The Morgan fingerprint density at radius 1 is 1.30 bits per heavy atom. The van der Waals surface area contributed by atoms with E-state index in [0.29, 0.717) is 13.0 Å². The zero-order chi connectivity index (χ0) is 14.5. The highest BCUT2D eigenvalue weighted by Crippen LogP contribution is 2.25. The van der Waals surface area contributed by atoms with Gasteiger partial charge in [-0.2, -0.15) is 5.26 Å². The first-order valence-corrected chi connectivity index (χ1v) is 6.69. The highest BCUT2D eigenvalue weighted by molar-refractivity contribution is 5.34. The van der Waals surface area contributed by atoms with Gasteiger partial charge in [-0.15, -0.1) is 0 Å². The van der Waals surface area contributed by atoms with Crippen LogP contribution in [0.15, 0.2) is 28.8 Å². The van der Waals surface area contributed by atoms with E-state index in [0.717, 1.165) is 28.3 Å². The van der Waals surface area contributed by atoms with Gasteiger partial charge >= 0.3 is 0 Å². The number of rotatable bonds is 5. The van der Waals surface area contributed by atoms with Crippen LogP contribution in [0.1, 0.15) is 35.4 Å². The molecule has 1 aromatic carbocycles. The van der Waals surface area contributed by atoms with Crippen LogP contribution in [-0.4, -0.2) is 11.8 Å². The number of nitriles is 1. The SMILES string of the molecule is CCOc1ccc(C(C#N)Cc2c(C)noc2C)cc1. The van der Waals surface area contributed by atoms with Crippen LogP contribution in [0.5, 0.6) is 5.75 Å². The van der Waals surface area contributed by atoms with E-state index in [1.165, 1.54) is 0 Å². The predicted molar refractivity (Wildman–Crippen MR) is 75.6 cm³/mol. The van der Waals surface area contributed by atoms with Gasteiger partial charge in [0.1, 0.15) is 11.5 Å². The molecular formula is C16H18N2O2. The Labute approximate surface area is 119 Å². The summed E-state index contributed by atoms with van der Waals surface area (Å²) in [5, 5.41) is 13.3. The summed E-state index contributed by atoms with van der Waals surface area (Å²) < 4.78 is 10.6. The number of aryl methyl sites for hydroxylation is 2. The van der Waals surface area contributed by atoms with E-state index < -0.39 is 0 Å². The zero-order valence-electron chi connectivity index (χ0n) is 12.0. The summed E-state index contributed by atoms with van der Waals surface area (Å²) in [5.74, 6) is 1.40. The van der Waals surface area contributed by atoms with Crippen LogP contribution in [0.25, 0.3) is 0 Å². The molecule has 20 heavy (non-hydrogen) atoms. The summed E-state index contributed by atoms with van der Waals surface area (Å²) in [6, 6.07) is 10.0. The van der Waals surface area contributed by atoms with Crippen LogP contribution < -0.4 is 4.74 Å². The monoisotopic (exact) mass is 270 g/mol. The van der Waals surface area contributed by atoms with E-state index in [2.05, 4.69) is 11.2 Å². The van der Waals surface area contributed by atoms with Gasteiger partial charge in [-0.3, -0.25) is 0 Å². The second kappa shape index (κ2) is 6.25. The molecule has 0 spiro atoms. The first kappa shape index (κ1) is 14.1. The number of ether oxygens (including phenoxy) is 1. The lowest BCUT2D eigenvalue weighted by atomic mass is 9.92. The van der Waals surface area contributed by atoms with Crippen molar-refractivity contribution >= 4 is 0 Å². The molecule has 0 fully saturated rings. The first-order valence-electron chi connectivity index (χ1n) is 6.69. The predicted octanol–water partition coefficient (Wildman–Crippen LogP) is 3.54. The standard InChI is InChI=1S/C16H18N2O2/c1-4-19-15-7-5-13(6-8-15)14(10-17)9-16-11(2)18-20-12(16)3/h5-8,14H,4,9H2,1-3H3. The molecule has 104 valence electrons. The summed E-state index contributed by atoms with van der Waals surface area (Å²) >= 11 is 0. The van der Waals surface area contributed by atoms with Crippen molar-refractivity contribution in [2.75, 3.05) is 6.61 Å². The highest BCUT2D eigenvalue weighted by Gasteiger charge is 2.17. The summed E-state index contributed by atoms with van der Waals surface area (Å²) in [6.45, 7) is 6.37. The minimum absolute atomic E-state index is 0.206. The fraction of sp³-hybridized carbons (Fsp3) is 0.375. The third kappa shape index (κ3) is 3.00. The Balaban J connectivity index is 2.18. The zero-order valence-corrected chi connectivity index (χ0v) is 12.0. The van der Waals surface area contributed by atoms with Crippen molar-refractivity contribution in [2.24, 2.45) is 0 Å². The minimum atomic E-state index is -0.206. The van der Waals surface area contributed by atoms with Gasteiger partial charge in [0.15, 0.2) is 0 Å².